The molecule has 0 amide bonds. The molecule has 0 rings (SSSR count). The van der Waals surface area contributed by atoms with Crippen LogP contribution in [0.4, 0.5) is 0 Å². The van der Waals surface area contributed by atoms with Crippen molar-refractivity contribution in [3.63, 3.8) is 0 Å². The molecular weight excluding hydrogens is 74.1 g/mol. The molecule has 0 bridgehead atoms. The van der Waals surface area contributed by atoms with Gasteiger partial charge < -0.3 is 5.73 Å². The third kappa shape index (κ3) is 3.96. The highest BCUT2D eigenvalue weighted by Gasteiger charge is 1.89. The van der Waals surface area contributed by atoms with Gasteiger partial charge in [0, 0.05) is 0 Å². The highest BCUT2D eigenvalue weighted by atomic mass is 14.6. The summed E-state index contributed by atoms with van der Waals surface area (Å²) in [6.07, 6.45) is 2.53. The van der Waals surface area contributed by atoms with Crippen LogP contribution in [0.2, 0.25) is 0 Å². The summed E-state index contributed by atoms with van der Waals surface area (Å²) < 4.78 is 0. The molecule has 1 nitrogen and oxygen atoms in total. The number of quaternary nitrogens is 1. The summed E-state index contributed by atoms with van der Waals surface area (Å²) in [7, 11) is 0. The average Bonchev–Trinajstić information content (AvgIpc) is 1.35. The minimum absolute atomic E-state index is 0.648. The van der Waals surface area contributed by atoms with E-state index in [1.165, 1.54) is 12.8 Å². The van der Waals surface area contributed by atoms with Crippen LogP contribution in [-0.4, -0.2) is 6.04 Å². The first-order valence-corrected chi connectivity index (χ1v) is 2.60. The van der Waals surface area contributed by atoms with E-state index in [9.17, 15) is 0 Å². The Morgan fingerprint density at radius 1 is 1.67 bits per heavy atom. The summed E-state index contributed by atoms with van der Waals surface area (Å²) in [6.45, 7) is 4.32. The zero-order valence-corrected chi connectivity index (χ0v) is 4.70. The molecule has 0 heterocycles. The smallest absolute Gasteiger partial charge is 0.0814 e. The Morgan fingerprint density at radius 3 is 2.17 bits per heavy atom. The summed E-state index contributed by atoms with van der Waals surface area (Å²) in [5, 5.41) is 0. The van der Waals surface area contributed by atoms with Crippen molar-refractivity contribution in [3.05, 3.63) is 0 Å². The molecule has 1 atom stereocenters. The van der Waals surface area contributed by atoms with E-state index in [-0.39, 0.29) is 0 Å². The van der Waals surface area contributed by atoms with Gasteiger partial charge in [-0.05, 0) is 13.3 Å². The predicted molar refractivity (Wildman–Crippen MR) is 27.3 cm³/mol. The van der Waals surface area contributed by atoms with E-state index in [0.717, 1.165) is 0 Å². The second kappa shape index (κ2) is 3.16. The van der Waals surface area contributed by atoms with Gasteiger partial charge in [0.05, 0.1) is 6.04 Å². The first-order chi connectivity index (χ1) is 2.77. The lowest BCUT2D eigenvalue weighted by molar-refractivity contribution is -0.415. The van der Waals surface area contributed by atoms with E-state index in [1.54, 1.807) is 0 Å². The second-order valence-electron chi connectivity index (χ2n) is 1.89. The van der Waals surface area contributed by atoms with Gasteiger partial charge in [0.2, 0.25) is 0 Å². The highest BCUT2D eigenvalue weighted by Crippen LogP contribution is 1.86. The van der Waals surface area contributed by atoms with Crippen molar-refractivity contribution in [3.8, 4) is 0 Å². The number of hydrogen-bond acceptors (Lipinski definition) is 0. The van der Waals surface area contributed by atoms with Crippen molar-refractivity contribution in [2.24, 2.45) is 0 Å². The van der Waals surface area contributed by atoms with Crippen molar-refractivity contribution in [2.45, 2.75) is 32.7 Å². The minimum atomic E-state index is 0.648. The lowest BCUT2D eigenvalue weighted by Crippen LogP contribution is -2.58. The van der Waals surface area contributed by atoms with Crippen LogP contribution in [0.1, 0.15) is 26.7 Å². The topological polar surface area (TPSA) is 27.6 Å². The van der Waals surface area contributed by atoms with Gasteiger partial charge in [-0.2, -0.15) is 0 Å². The molecule has 0 aliphatic heterocycles. The van der Waals surface area contributed by atoms with Crippen molar-refractivity contribution in [1.82, 2.24) is 0 Å². The van der Waals surface area contributed by atoms with E-state index in [0.29, 0.717) is 6.04 Å². The van der Waals surface area contributed by atoms with E-state index in [1.807, 2.05) is 0 Å². The Kier molecular flexibility index (Phi) is 3.14. The Morgan fingerprint density at radius 2 is 2.17 bits per heavy atom. The van der Waals surface area contributed by atoms with Gasteiger partial charge in [-0.1, -0.05) is 13.3 Å². The molecule has 0 radical (unpaired) electrons. The van der Waals surface area contributed by atoms with Crippen molar-refractivity contribution in [2.75, 3.05) is 0 Å². The molecule has 6 heavy (non-hydrogen) atoms. The van der Waals surface area contributed by atoms with Gasteiger partial charge in [-0.3, -0.25) is 0 Å². The molecule has 0 aliphatic rings. The standard InChI is InChI=1S/C5H13N/c1-3-4-5(2)6/h5H,3-4,6H2,1-2H3/p+1/t5-/m1/s1. The van der Waals surface area contributed by atoms with Gasteiger partial charge in [-0.25, -0.2) is 0 Å². The normalized spacial score (nSPS) is 14.5. The molecule has 0 aromatic carbocycles. The van der Waals surface area contributed by atoms with E-state index in [4.69, 9.17) is 0 Å². The minimum Gasteiger partial charge on any atom is -0.355 e. The Balaban J connectivity index is 2.63. The SMILES string of the molecule is CCC[C@@H](C)[NH3+]. The molecule has 0 unspecified atom stereocenters. The molecule has 0 aromatic rings. The van der Waals surface area contributed by atoms with E-state index < -0.39 is 0 Å². The molecule has 0 saturated heterocycles. The van der Waals surface area contributed by atoms with Crippen LogP contribution < -0.4 is 5.73 Å². The maximum atomic E-state index is 3.83. The first-order valence-electron chi connectivity index (χ1n) is 2.60. The molecule has 1 heteroatoms. The number of hydrogen-bond donors (Lipinski definition) is 1. The summed E-state index contributed by atoms with van der Waals surface area (Å²) in [6, 6.07) is 0.648. The average molecular weight is 88.2 g/mol. The molecule has 38 valence electrons. The van der Waals surface area contributed by atoms with E-state index in [2.05, 4.69) is 19.6 Å². The van der Waals surface area contributed by atoms with Crippen LogP contribution in [0.5, 0.6) is 0 Å². The fraction of sp³-hybridized carbons (Fsp3) is 1.00. The summed E-state index contributed by atoms with van der Waals surface area (Å²) in [5.74, 6) is 0. The molecular formula is C5H14N+. The fourth-order valence-electron chi connectivity index (χ4n) is 0.493. The molecule has 3 N–H and O–H groups in total. The monoisotopic (exact) mass is 88.1 g/mol. The predicted octanol–water partition coefficient (Wildman–Crippen LogP) is 0.417. The Labute approximate surface area is 39.5 Å². The van der Waals surface area contributed by atoms with Crippen LogP contribution in [0, 0.1) is 0 Å². The number of rotatable bonds is 2. The van der Waals surface area contributed by atoms with E-state index >= 15 is 0 Å². The molecule has 0 aromatic heterocycles. The quantitative estimate of drug-likeness (QED) is 0.506. The largest absolute Gasteiger partial charge is 0.355 e. The van der Waals surface area contributed by atoms with Gasteiger partial charge >= 0.3 is 0 Å². The second-order valence-corrected chi connectivity index (χ2v) is 1.89. The highest BCUT2D eigenvalue weighted by molar-refractivity contribution is 4.38. The maximum absolute atomic E-state index is 3.83. The molecule has 0 aliphatic carbocycles. The van der Waals surface area contributed by atoms with Crippen LogP contribution >= 0.6 is 0 Å². The van der Waals surface area contributed by atoms with Crippen molar-refractivity contribution < 1.29 is 5.73 Å². The summed E-state index contributed by atoms with van der Waals surface area (Å²) in [5.41, 5.74) is 3.83. The van der Waals surface area contributed by atoms with Crippen LogP contribution in [0.25, 0.3) is 0 Å². The van der Waals surface area contributed by atoms with Gasteiger partial charge in [-0.15, -0.1) is 0 Å². The van der Waals surface area contributed by atoms with Crippen LogP contribution in [-0.2, 0) is 0 Å². The Hall–Kier alpha value is -0.0400. The molecule has 0 fully saturated rings. The molecule has 0 spiro atoms. The summed E-state index contributed by atoms with van der Waals surface area (Å²) in [4.78, 5) is 0. The van der Waals surface area contributed by atoms with Crippen LogP contribution in [0.15, 0.2) is 0 Å². The maximum Gasteiger partial charge on any atom is 0.0814 e. The zero-order chi connectivity index (χ0) is 4.99. The van der Waals surface area contributed by atoms with Crippen LogP contribution in [0.3, 0.4) is 0 Å². The fourth-order valence-corrected chi connectivity index (χ4v) is 0.493. The molecule has 0 saturated carbocycles. The lowest BCUT2D eigenvalue weighted by atomic mass is 10.2. The van der Waals surface area contributed by atoms with Crippen molar-refractivity contribution >= 4 is 0 Å². The van der Waals surface area contributed by atoms with Gasteiger partial charge in [0.1, 0.15) is 0 Å². The van der Waals surface area contributed by atoms with Gasteiger partial charge in [0.15, 0.2) is 0 Å². The van der Waals surface area contributed by atoms with Crippen molar-refractivity contribution in [1.29, 1.82) is 0 Å². The van der Waals surface area contributed by atoms with Gasteiger partial charge in [0.25, 0.3) is 0 Å². The third-order valence-electron chi connectivity index (χ3n) is 0.781. The first kappa shape index (κ1) is 5.96. The summed E-state index contributed by atoms with van der Waals surface area (Å²) >= 11 is 0. The lowest BCUT2D eigenvalue weighted by Gasteiger charge is -1.93. The zero-order valence-electron chi connectivity index (χ0n) is 4.70. The third-order valence-corrected chi connectivity index (χ3v) is 0.781. The Bertz CT molecular complexity index is 25.1.